The highest BCUT2D eigenvalue weighted by atomic mass is 16.1. The average Bonchev–Trinajstić information content (AvgIpc) is 3.69. The highest BCUT2D eigenvalue weighted by Gasteiger charge is 2.42. The second-order valence-electron chi connectivity index (χ2n) is 20.8. The molecule has 0 atom stereocenters. The van der Waals surface area contributed by atoms with Crippen molar-refractivity contribution in [1.29, 1.82) is 0 Å². The molecule has 0 fully saturated rings. The number of amides is 1. The van der Waals surface area contributed by atoms with E-state index < -0.39 is 0 Å². The topological polar surface area (TPSA) is 64.5 Å². The Labute approximate surface area is 423 Å². The molecular formula is C65H73N4O2+. The zero-order valence-corrected chi connectivity index (χ0v) is 43.5. The largest absolute Gasteiger partial charge is 0.352 e. The molecule has 0 spiro atoms. The van der Waals surface area contributed by atoms with Gasteiger partial charge >= 0.3 is 0 Å². The number of unbranched alkanes of at least 4 members (excludes halogenated alkanes) is 3. The van der Waals surface area contributed by atoms with Gasteiger partial charge in [-0.3, -0.25) is 9.59 Å². The van der Waals surface area contributed by atoms with Crippen molar-refractivity contribution in [3.8, 4) is 11.1 Å². The lowest BCUT2D eigenvalue weighted by Crippen LogP contribution is -2.27. The third-order valence-electron chi connectivity index (χ3n) is 15.1. The summed E-state index contributed by atoms with van der Waals surface area (Å²) in [7, 11) is 4.37. The fraction of sp³-hybridized carbons (Fsp3) is 0.308. The van der Waals surface area contributed by atoms with Crippen LogP contribution in [0.25, 0.3) is 38.2 Å². The molecule has 6 aromatic rings. The Balaban J connectivity index is 1.14. The minimum atomic E-state index is -0.143. The number of fused-ring (bicyclic) bond motifs is 4. The lowest BCUT2D eigenvalue weighted by atomic mass is 9.81. The Morgan fingerprint density at radius 2 is 1.32 bits per heavy atom. The van der Waals surface area contributed by atoms with E-state index in [1.54, 1.807) is 13.8 Å². The summed E-state index contributed by atoms with van der Waals surface area (Å²) in [5, 5.41) is 11.8. The van der Waals surface area contributed by atoms with Gasteiger partial charge in [-0.05, 0) is 150 Å². The van der Waals surface area contributed by atoms with Crippen molar-refractivity contribution in [3.05, 3.63) is 197 Å². The third-order valence-corrected chi connectivity index (χ3v) is 15.1. The van der Waals surface area contributed by atoms with Crippen molar-refractivity contribution in [2.24, 2.45) is 0 Å². The van der Waals surface area contributed by atoms with E-state index in [0.29, 0.717) is 30.7 Å². The Hall–Kier alpha value is -6.89. The second-order valence-corrected chi connectivity index (χ2v) is 20.8. The van der Waals surface area contributed by atoms with Gasteiger partial charge in [0.05, 0.1) is 5.41 Å². The quantitative estimate of drug-likeness (QED) is 0.0263. The number of rotatable bonds is 20. The summed E-state index contributed by atoms with van der Waals surface area (Å²) in [6.45, 7) is 22.5. The molecule has 0 saturated carbocycles. The van der Waals surface area contributed by atoms with Crippen LogP contribution in [0.1, 0.15) is 108 Å². The number of benzene rings is 6. The molecule has 364 valence electrons. The maximum absolute atomic E-state index is 12.3. The molecule has 0 radical (unpaired) electrons. The number of carbonyl (C=O) groups excluding carboxylic acids is 2. The number of ketones is 1. The predicted molar refractivity (Wildman–Crippen MR) is 301 cm³/mol. The molecule has 0 aromatic heterocycles. The van der Waals surface area contributed by atoms with E-state index in [1.807, 2.05) is 0 Å². The monoisotopic (exact) mass is 942 g/mol. The number of para-hydroxylation sites is 2. The highest BCUT2D eigenvalue weighted by molar-refractivity contribution is 6.07. The lowest BCUT2D eigenvalue weighted by molar-refractivity contribution is -0.401. The summed E-state index contributed by atoms with van der Waals surface area (Å²) >= 11 is 0. The summed E-state index contributed by atoms with van der Waals surface area (Å²) in [5.41, 5.74) is 15.9. The minimum absolute atomic E-state index is 0.0972. The molecule has 6 aromatic carbocycles. The number of likely N-dealkylation sites (N-methyl/N-ethyl adjacent to an activating group) is 1. The highest BCUT2D eigenvalue weighted by Crippen LogP contribution is 2.47. The van der Waals surface area contributed by atoms with Gasteiger partial charge in [-0.2, -0.15) is 4.58 Å². The number of allylic oxidation sites excluding steroid dienone is 7. The number of aryl methyl sites for hydroxylation is 1. The van der Waals surface area contributed by atoms with Crippen molar-refractivity contribution >= 4 is 55.9 Å². The summed E-state index contributed by atoms with van der Waals surface area (Å²) in [6.07, 6.45) is 15.6. The molecule has 2 aliphatic rings. The zero-order valence-electron chi connectivity index (χ0n) is 43.5. The number of carbonyl (C=O) groups is 2. The molecule has 0 unspecified atom stereocenters. The third kappa shape index (κ3) is 10.6. The van der Waals surface area contributed by atoms with Gasteiger partial charge in [0.1, 0.15) is 7.05 Å². The number of Topliss-reactive ketones (excluding diaryl/α,β-unsaturated/α-hetero) is 1. The zero-order chi connectivity index (χ0) is 50.5. The molecular weight excluding hydrogens is 869 g/mol. The molecule has 1 amide bonds. The Morgan fingerprint density at radius 3 is 2.03 bits per heavy atom. The fourth-order valence-electron chi connectivity index (χ4n) is 11.0. The minimum Gasteiger partial charge on any atom is -0.352 e. The van der Waals surface area contributed by atoms with Crippen LogP contribution >= 0.6 is 0 Å². The second kappa shape index (κ2) is 21.6. The first kappa shape index (κ1) is 50.5. The summed E-state index contributed by atoms with van der Waals surface area (Å²) in [6, 6.07) is 42.5. The van der Waals surface area contributed by atoms with Gasteiger partial charge in [0.2, 0.25) is 11.6 Å². The van der Waals surface area contributed by atoms with Crippen LogP contribution in [0, 0.1) is 0 Å². The van der Waals surface area contributed by atoms with Gasteiger partial charge in [0, 0.05) is 66.6 Å². The molecule has 6 nitrogen and oxygen atoms in total. The van der Waals surface area contributed by atoms with Gasteiger partial charge in [0.15, 0.2) is 11.5 Å². The van der Waals surface area contributed by atoms with Crippen molar-refractivity contribution in [1.82, 2.24) is 10.6 Å². The van der Waals surface area contributed by atoms with Crippen LogP contribution in [0.15, 0.2) is 170 Å². The van der Waals surface area contributed by atoms with E-state index in [4.69, 9.17) is 0 Å². The number of hydrogen-bond donors (Lipinski definition) is 2. The molecule has 2 N–H and O–H groups in total. The summed E-state index contributed by atoms with van der Waals surface area (Å²) in [4.78, 5) is 26.7. The van der Waals surface area contributed by atoms with E-state index in [9.17, 15) is 9.59 Å². The van der Waals surface area contributed by atoms with E-state index in [1.165, 1.54) is 77.7 Å². The fourth-order valence-corrected chi connectivity index (χ4v) is 11.0. The van der Waals surface area contributed by atoms with Crippen LogP contribution < -0.4 is 15.5 Å². The Kier molecular flexibility index (Phi) is 15.4. The van der Waals surface area contributed by atoms with Crippen LogP contribution in [0.3, 0.4) is 0 Å². The lowest BCUT2D eigenvalue weighted by Gasteiger charge is -2.24. The van der Waals surface area contributed by atoms with Gasteiger partial charge in [0.25, 0.3) is 0 Å². The van der Waals surface area contributed by atoms with Crippen LogP contribution in [-0.2, 0) is 33.4 Å². The number of anilines is 1. The molecule has 2 heterocycles. The first-order valence-corrected chi connectivity index (χ1v) is 25.6. The van der Waals surface area contributed by atoms with E-state index >= 15 is 0 Å². The summed E-state index contributed by atoms with van der Waals surface area (Å²) < 4.78 is 2.34. The van der Waals surface area contributed by atoms with Gasteiger partial charge in [-0.25, -0.2) is 0 Å². The standard InChI is InChI=1S/C65H72N4O2/c1-44(2)60(70)29-14-12-11-13-22-51-50-23-15-16-24-52(50)55(43-66-40-21-41-67-63(71)45(3)4)53-37-34-49(42-54(51)53)48-32-30-46(31-33-48)47(35-38-61-64(5,6)56-25-17-19-27-58(56)68(61)9)36-39-62-65(7,8)57-26-18-20-28-59(57)69(62)10/h15-20,23-28,30-39,42,66H,1,3,11-14,21-22,29,40-41,43H2,2,4-10H3/p+1. The SMILES string of the molecule is C=C(C)C(=O)CCCCCCc1c2ccccc2c(CNCCCNC(=O)C(=C)C)c2ccc(-c3ccc(C(=C\C=C4/N(C)c5ccccc5C4(C)C)/C=C/C4=[N+](C)c5ccccc5C4(C)C)cc3)cc12. The predicted octanol–water partition coefficient (Wildman–Crippen LogP) is 14.4. The van der Waals surface area contributed by atoms with Gasteiger partial charge in [-0.15, -0.1) is 0 Å². The first-order valence-electron chi connectivity index (χ1n) is 25.6. The maximum atomic E-state index is 12.3. The molecule has 8 rings (SSSR count). The smallest absolute Gasteiger partial charge is 0.246 e. The number of nitrogens with zero attached hydrogens (tertiary/aromatic N) is 2. The van der Waals surface area contributed by atoms with E-state index in [0.717, 1.165) is 56.2 Å². The maximum Gasteiger partial charge on any atom is 0.246 e. The molecule has 0 bridgehead atoms. The first-order chi connectivity index (χ1) is 34.1. The van der Waals surface area contributed by atoms with Crippen molar-refractivity contribution in [3.63, 3.8) is 0 Å². The number of hydrogen-bond acceptors (Lipinski definition) is 4. The molecule has 0 aliphatic carbocycles. The van der Waals surface area contributed by atoms with Crippen LogP contribution in [-0.4, -0.2) is 49.2 Å². The average molecular weight is 942 g/mol. The van der Waals surface area contributed by atoms with Gasteiger partial charge < -0.3 is 15.5 Å². The van der Waals surface area contributed by atoms with Gasteiger partial charge in [-0.1, -0.05) is 143 Å². The normalized spacial score (nSPS) is 15.5. The molecule has 71 heavy (non-hydrogen) atoms. The van der Waals surface area contributed by atoms with E-state index in [-0.39, 0.29) is 22.5 Å². The Morgan fingerprint density at radius 1 is 0.676 bits per heavy atom. The van der Waals surface area contributed by atoms with Crippen LogP contribution in [0.5, 0.6) is 0 Å². The van der Waals surface area contributed by atoms with Crippen molar-refractivity contribution < 1.29 is 14.2 Å². The van der Waals surface area contributed by atoms with Crippen molar-refractivity contribution in [2.75, 3.05) is 32.1 Å². The van der Waals surface area contributed by atoms with Crippen LogP contribution in [0.2, 0.25) is 0 Å². The van der Waals surface area contributed by atoms with Crippen molar-refractivity contribution in [2.45, 2.75) is 104 Å². The van der Waals surface area contributed by atoms with Crippen LogP contribution in [0.4, 0.5) is 11.4 Å². The number of nitrogens with one attached hydrogen (secondary N) is 2. The molecule has 6 heteroatoms. The molecule has 2 aliphatic heterocycles. The Bertz CT molecular complexity index is 3160. The summed E-state index contributed by atoms with van der Waals surface area (Å²) in [5.74, 6) is 0.0723. The van der Waals surface area contributed by atoms with E-state index in [2.05, 4.69) is 215 Å². The molecule has 0 saturated heterocycles.